The molecule has 0 saturated heterocycles. The van der Waals surface area contributed by atoms with Gasteiger partial charge in [0.25, 0.3) is 0 Å². The van der Waals surface area contributed by atoms with Crippen molar-refractivity contribution < 1.29 is 14.6 Å². The predicted octanol–water partition coefficient (Wildman–Crippen LogP) is 2.35. The van der Waals surface area contributed by atoms with E-state index < -0.39 is 0 Å². The molecule has 0 unspecified atom stereocenters. The van der Waals surface area contributed by atoms with Gasteiger partial charge in [0, 0.05) is 11.3 Å². The van der Waals surface area contributed by atoms with E-state index in [1.54, 1.807) is 19.2 Å². The molecule has 0 saturated carbocycles. The second-order valence-electron chi connectivity index (χ2n) is 4.17. The molecule has 2 rings (SSSR count). The molecule has 0 atom stereocenters. The summed E-state index contributed by atoms with van der Waals surface area (Å²) in [6.45, 7) is 0.363. The van der Waals surface area contributed by atoms with Crippen LogP contribution in [-0.2, 0) is 13.2 Å². The minimum atomic E-state index is -0.00118. The van der Waals surface area contributed by atoms with E-state index in [0.717, 1.165) is 16.9 Å². The van der Waals surface area contributed by atoms with Crippen LogP contribution in [0, 0.1) is 0 Å². The Morgan fingerprint density at radius 3 is 2.74 bits per heavy atom. The SMILES string of the molecule is COc1ccc(N)cc1COc1cccc(CO)c1. The minimum absolute atomic E-state index is 0.00118. The van der Waals surface area contributed by atoms with Crippen LogP contribution in [0.25, 0.3) is 0 Å². The van der Waals surface area contributed by atoms with Crippen LogP contribution in [0.15, 0.2) is 42.5 Å². The summed E-state index contributed by atoms with van der Waals surface area (Å²) in [5, 5.41) is 9.07. The van der Waals surface area contributed by atoms with Crippen molar-refractivity contribution in [3.63, 3.8) is 0 Å². The molecule has 0 aliphatic heterocycles. The third-order valence-electron chi connectivity index (χ3n) is 2.78. The first-order chi connectivity index (χ1) is 9.22. The zero-order chi connectivity index (χ0) is 13.7. The normalized spacial score (nSPS) is 10.2. The van der Waals surface area contributed by atoms with Crippen LogP contribution in [0.3, 0.4) is 0 Å². The van der Waals surface area contributed by atoms with Crippen molar-refractivity contribution in [2.75, 3.05) is 12.8 Å². The molecule has 0 spiro atoms. The van der Waals surface area contributed by atoms with Gasteiger partial charge in [-0.05, 0) is 35.9 Å². The highest BCUT2D eigenvalue weighted by Gasteiger charge is 2.05. The molecule has 100 valence electrons. The highest BCUT2D eigenvalue weighted by atomic mass is 16.5. The summed E-state index contributed by atoms with van der Waals surface area (Å²) >= 11 is 0. The molecule has 0 aromatic heterocycles. The molecular formula is C15H17NO3. The van der Waals surface area contributed by atoms with Crippen LogP contribution in [0.4, 0.5) is 5.69 Å². The maximum absolute atomic E-state index is 9.07. The maximum Gasteiger partial charge on any atom is 0.125 e. The van der Waals surface area contributed by atoms with Crippen molar-refractivity contribution >= 4 is 5.69 Å². The van der Waals surface area contributed by atoms with Crippen LogP contribution >= 0.6 is 0 Å². The number of nitrogen functional groups attached to an aromatic ring is 1. The lowest BCUT2D eigenvalue weighted by Crippen LogP contribution is -2.00. The summed E-state index contributed by atoms with van der Waals surface area (Å²) < 4.78 is 10.9. The van der Waals surface area contributed by atoms with Gasteiger partial charge in [0.05, 0.1) is 13.7 Å². The summed E-state index contributed by atoms with van der Waals surface area (Å²) in [7, 11) is 1.61. The fraction of sp³-hybridized carbons (Fsp3) is 0.200. The van der Waals surface area contributed by atoms with E-state index >= 15 is 0 Å². The monoisotopic (exact) mass is 259 g/mol. The van der Waals surface area contributed by atoms with Crippen LogP contribution in [0.5, 0.6) is 11.5 Å². The largest absolute Gasteiger partial charge is 0.496 e. The Hall–Kier alpha value is -2.20. The van der Waals surface area contributed by atoms with Crippen LogP contribution < -0.4 is 15.2 Å². The number of methoxy groups -OCH3 is 1. The highest BCUT2D eigenvalue weighted by Crippen LogP contribution is 2.23. The molecule has 0 radical (unpaired) electrons. The van der Waals surface area contributed by atoms with E-state index in [9.17, 15) is 0 Å². The third kappa shape index (κ3) is 3.39. The molecule has 0 bridgehead atoms. The van der Waals surface area contributed by atoms with E-state index in [-0.39, 0.29) is 6.61 Å². The maximum atomic E-state index is 9.07. The summed E-state index contributed by atoms with van der Waals surface area (Å²) in [4.78, 5) is 0. The second kappa shape index (κ2) is 6.11. The number of anilines is 1. The Morgan fingerprint density at radius 2 is 2.00 bits per heavy atom. The quantitative estimate of drug-likeness (QED) is 0.809. The van der Waals surface area contributed by atoms with E-state index in [2.05, 4.69) is 0 Å². The van der Waals surface area contributed by atoms with Gasteiger partial charge in [0.15, 0.2) is 0 Å². The topological polar surface area (TPSA) is 64.7 Å². The number of nitrogens with two attached hydrogens (primary N) is 1. The van der Waals surface area contributed by atoms with Crippen LogP contribution in [0.1, 0.15) is 11.1 Å². The zero-order valence-corrected chi connectivity index (χ0v) is 10.8. The Morgan fingerprint density at radius 1 is 1.16 bits per heavy atom. The first-order valence-corrected chi connectivity index (χ1v) is 5.98. The smallest absolute Gasteiger partial charge is 0.125 e. The average Bonchev–Trinajstić information content (AvgIpc) is 2.45. The number of aliphatic hydroxyl groups excluding tert-OH is 1. The molecule has 0 aliphatic carbocycles. The highest BCUT2D eigenvalue weighted by molar-refractivity contribution is 5.47. The molecule has 19 heavy (non-hydrogen) atoms. The van der Waals surface area contributed by atoms with Crippen molar-refractivity contribution in [1.29, 1.82) is 0 Å². The first-order valence-electron chi connectivity index (χ1n) is 5.98. The first kappa shape index (κ1) is 13.2. The van der Waals surface area contributed by atoms with Gasteiger partial charge < -0.3 is 20.3 Å². The predicted molar refractivity (Wildman–Crippen MR) is 74.1 cm³/mol. The molecule has 0 aliphatic rings. The summed E-state index contributed by atoms with van der Waals surface area (Å²) in [5.41, 5.74) is 8.13. The van der Waals surface area contributed by atoms with Crippen molar-refractivity contribution in [2.24, 2.45) is 0 Å². The number of rotatable bonds is 5. The number of hydrogen-bond acceptors (Lipinski definition) is 4. The average molecular weight is 259 g/mol. The second-order valence-corrected chi connectivity index (χ2v) is 4.17. The lowest BCUT2D eigenvalue weighted by atomic mass is 10.2. The Balaban J connectivity index is 2.11. The van der Waals surface area contributed by atoms with Crippen molar-refractivity contribution in [1.82, 2.24) is 0 Å². The van der Waals surface area contributed by atoms with Crippen molar-refractivity contribution in [3.05, 3.63) is 53.6 Å². The van der Waals surface area contributed by atoms with Gasteiger partial charge in [-0.25, -0.2) is 0 Å². The van der Waals surface area contributed by atoms with Gasteiger partial charge in [-0.1, -0.05) is 12.1 Å². The fourth-order valence-electron chi connectivity index (χ4n) is 1.81. The molecule has 4 heteroatoms. The minimum Gasteiger partial charge on any atom is -0.496 e. The summed E-state index contributed by atoms with van der Waals surface area (Å²) in [5.74, 6) is 1.45. The molecule has 3 N–H and O–H groups in total. The van der Waals surface area contributed by atoms with E-state index in [4.69, 9.17) is 20.3 Å². The Bertz CT molecular complexity index is 555. The van der Waals surface area contributed by atoms with E-state index in [1.165, 1.54) is 0 Å². The third-order valence-corrected chi connectivity index (χ3v) is 2.78. The summed E-state index contributed by atoms with van der Waals surface area (Å²) in [6, 6.07) is 12.8. The van der Waals surface area contributed by atoms with Crippen LogP contribution in [0.2, 0.25) is 0 Å². The van der Waals surface area contributed by atoms with Gasteiger partial charge >= 0.3 is 0 Å². The van der Waals surface area contributed by atoms with Crippen molar-refractivity contribution in [3.8, 4) is 11.5 Å². The van der Waals surface area contributed by atoms with Crippen LogP contribution in [-0.4, -0.2) is 12.2 Å². The van der Waals surface area contributed by atoms with Gasteiger partial charge in [-0.2, -0.15) is 0 Å². The number of benzene rings is 2. The Labute approximate surface area is 112 Å². The standard InChI is InChI=1S/C15H17NO3/c1-18-15-6-5-13(16)8-12(15)10-19-14-4-2-3-11(7-14)9-17/h2-8,17H,9-10,16H2,1H3. The summed E-state index contributed by atoms with van der Waals surface area (Å²) in [6.07, 6.45) is 0. The number of aliphatic hydroxyl groups is 1. The molecule has 0 fully saturated rings. The fourth-order valence-corrected chi connectivity index (χ4v) is 1.81. The van der Waals surface area contributed by atoms with Gasteiger partial charge in [-0.3, -0.25) is 0 Å². The molecule has 0 amide bonds. The Kier molecular flexibility index (Phi) is 4.26. The zero-order valence-electron chi connectivity index (χ0n) is 10.8. The molecule has 0 heterocycles. The number of hydrogen-bond donors (Lipinski definition) is 2. The van der Waals surface area contributed by atoms with E-state index in [1.807, 2.05) is 30.3 Å². The lowest BCUT2D eigenvalue weighted by molar-refractivity contribution is 0.277. The van der Waals surface area contributed by atoms with Gasteiger partial charge in [0.2, 0.25) is 0 Å². The van der Waals surface area contributed by atoms with Gasteiger partial charge in [0.1, 0.15) is 18.1 Å². The molecular weight excluding hydrogens is 242 g/mol. The molecule has 4 nitrogen and oxygen atoms in total. The number of ether oxygens (including phenoxy) is 2. The lowest BCUT2D eigenvalue weighted by Gasteiger charge is -2.11. The molecule has 2 aromatic carbocycles. The van der Waals surface area contributed by atoms with Crippen molar-refractivity contribution in [2.45, 2.75) is 13.2 Å². The van der Waals surface area contributed by atoms with Gasteiger partial charge in [-0.15, -0.1) is 0 Å². The molecule has 2 aromatic rings. The van der Waals surface area contributed by atoms with E-state index in [0.29, 0.717) is 18.0 Å².